The smallest absolute Gasteiger partial charge is 0.258 e. The zero-order chi connectivity index (χ0) is 21.4. The van der Waals surface area contributed by atoms with Gasteiger partial charge in [0.2, 0.25) is 5.91 Å². The fourth-order valence-electron chi connectivity index (χ4n) is 3.29. The Morgan fingerprint density at radius 3 is 2.47 bits per heavy atom. The second-order valence-electron chi connectivity index (χ2n) is 7.81. The van der Waals surface area contributed by atoms with Gasteiger partial charge in [0.1, 0.15) is 12.0 Å². The van der Waals surface area contributed by atoms with Gasteiger partial charge in [-0.2, -0.15) is 0 Å². The first-order valence-electron chi connectivity index (χ1n) is 9.72. The minimum absolute atomic E-state index is 0.178. The molecule has 2 saturated carbocycles. The maximum absolute atomic E-state index is 13.0. The Labute approximate surface area is 183 Å². The van der Waals surface area contributed by atoms with Crippen molar-refractivity contribution in [1.82, 2.24) is 9.88 Å². The SMILES string of the molecule is CN(Cc1cc(Cl)c(C(=O)Nc2ccnc(NC(=O)[C@@H]3C[C@@H]3F)c2)c(Cl)c1)C1CC1. The number of benzene rings is 1. The first-order chi connectivity index (χ1) is 14.3. The summed E-state index contributed by atoms with van der Waals surface area (Å²) in [5.41, 5.74) is 1.52. The molecular formula is C21H21Cl2FN4O2. The van der Waals surface area contributed by atoms with Crippen LogP contribution in [-0.4, -0.2) is 41.0 Å². The van der Waals surface area contributed by atoms with Gasteiger partial charge in [0, 0.05) is 30.5 Å². The largest absolute Gasteiger partial charge is 0.322 e. The average molecular weight is 451 g/mol. The second kappa shape index (κ2) is 8.49. The van der Waals surface area contributed by atoms with Gasteiger partial charge >= 0.3 is 0 Å². The number of pyridine rings is 1. The van der Waals surface area contributed by atoms with Crippen molar-refractivity contribution in [3.05, 3.63) is 51.6 Å². The quantitative estimate of drug-likeness (QED) is 0.649. The van der Waals surface area contributed by atoms with Crippen molar-refractivity contribution in [2.75, 3.05) is 17.7 Å². The monoisotopic (exact) mass is 450 g/mol. The molecule has 2 aliphatic carbocycles. The van der Waals surface area contributed by atoms with E-state index >= 15 is 0 Å². The third-order valence-electron chi connectivity index (χ3n) is 5.25. The number of alkyl halides is 1. The Balaban J connectivity index is 1.44. The maximum Gasteiger partial charge on any atom is 0.258 e. The Kier molecular flexibility index (Phi) is 5.95. The second-order valence-corrected chi connectivity index (χ2v) is 8.63. The van der Waals surface area contributed by atoms with Gasteiger partial charge in [0.25, 0.3) is 5.91 Å². The van der Waals surface area contributed by atoms with Crippen molar-refractivity contribution < 1.29 is 14.0 Å². The number of carbonyl (C=O) groups is 2. The molecule has 2 aliphatic rings. The molecule has 1 aromatic carbocycles. The van der Waals surface area contributed by atoms with Crippen LogP contribution in [0.4, 0.5) is 15.9 Å². The fourth-order valence-corrected chi connectivity index (χ4v) is 3.99. The van der Waals surface area contributed by atoms with E-state index in [9.17, 15) is 14.0 Å². The van der Waals surface area contributed by atoms with E-state index in [4.69, 9.17) is 23.2 Å². The van der Waals surface area contributed by atoms with Gasteiger partial charge in [-0.25, -0.2) is 9.37 Å². The van der Waals surface area contributed by atoms with Gasteiger partial charge in [0.05, 0.1) is 21.5 Å². The number of hydrogen-bond donors (Lipinski definition) is 2. The molecule has 158 valence electrons. The number of halogens is 3. The van der Waals surface area contributed by atoms with E-state index in [1.54, 1.807) is 18.2 Å². The van der Waals surface area contributed by atoms with E-state index in [-0.39, 0.29) is 27.8 Å². The van der Waals surface area contributed by atoms with Gasteiger partial charge in [-0.3, -0.25) is 14.5 Å². The summed E-state index contributed by atoms with van der Waals surface area (Å²) in [6.07, 6.45) is 2.96. The summed E-state index contributed by atoms with van der Waals surface area (Å²) in [5.74, 6) is -1.29. The van der Waals surface area contributed by atoms with Crippen molar-refractivity contribution in [2.45, 2.75) is 38.0 Å². The van der Waals surface area contributed by atoms with Crippen LogP contribution in [-0.2, 0) is 11.3 Å². The molecule has 0 bridgehead atoms. The van der Waals surface area contributed by atoms with E-state index in [1.807, 2.05) is 0 Å². The molecule has 30 heavy (non-hydrogen) atoms. The zero-order valence-electron chi connectivity index (χ0n) is 16.3. The van der Waals surface area contributed by atoms with Crippen molar-refractivity contribution in [2.24, 2.45) is 5.92 Å². The number of rotatable bonds is 7. The lowest BCUT2D eigenvalue weighted by Gasteiger charge is -2.17. The average Bonchev–Trinajstić information content (AvgIpc) is 3.57. The van der Waals surface area contributed by atoms with Gasteiger partial charge in [-0.15, -0.1) is 0 Å². The van der Waals surface area contributed by atoms with Crippen LogP contribution < -0.4 is 10.6 Å². The van der Waals surface area contributed by atoms with Crippen molar-refractivity contribution in [1.29, 1.82) is 0 Å². The van der Waals surface area contributed by atoms with Gasteiger partial charge in [-0.1, -0.05) is 23.2 Å². The molecule has 0 aliphatic heterocycles. The van der Waals surface area contributed by atoms with Crippen LogP contribution in [0.5, 0.6) is 0 Å². The van der Waals surface area contributed by atoms with Crippen LogP contribution in [0.3, 0.4) is 0 Å². The molecular weight excluding hydrogens is 430 g/mol. The minimum Gasteiger partial charge on any atom is -0.322 e. The Morgan fingerprint density at radius 1 is 1.20 bits per heavy atom. The molecule has 1 aromatic heterocycles. The number of hydrogen-bond acceptors (Lipinski definition) is 4. The zero-order valence-corrected chi connectivity index (χ0v) is 17.8. The highest BCUT2D eigenvalue weighted by molar-refractivity contribution is 6.40. The summed E-state index contributed by atoms with van der Waals surface area (Å²) in [5, 5.41) is 5.80. The summed E-state index contributed by atoms with van der Waals surface area (Å²) in [7, 11) is 2.05. The first kappa shape index (κ1) is 21.0. The van der Waals surface area contributed by atoms with Crippen LogP contribution in [0, 0.1) is 5.92 Å². The standard InChI is InChI=1S/C21H21Cl2FN4O2/c1-28(13-2-3-13)10-11-6-15(22)19(16(23)7-11)21(30)26-12-4-5-25-18(8-12)27-20(29)14-9-17(14)24/h4-8,13-14,17H,2-3,9-10H2,1H3,(H2,25,26,27,29,30)/t14-,17+/m1/s1. The normalized spacial score (nSPS) is 20.2. The Hall–Kier alpha value is -2.22. The maximum atomic E-state index is 13.0. The summed E-state index contributed by atoms with van der Waals surface area (Å²) in [4.78, 5) is 30.9. The molecule has 2 fully saturated rings. The summed E-state index contributed by atoms with van der Waals surface area (Å²) < 4.78 is 13.0. The van der Waals surface area contributed by atoms with E-state index in [0.29, 0.717) is 18.3 Å². The highest BCUT2D eigenvalue weighted by atomic mass is 35.5. The summed E-state index contributed by atoms with van der Waals surface area (Å²) in [6, 6.07) is 7.17. The van der Waals surface area contributed by atoms with Crippen LogP contribution >= 0.6 is 23.2 Å². The van der Waals surface area contributed by atoms with Gasteiger partial charge in [0.15, 0.2) is 0 Å². The number of amides is 2. The predicted molar refractivity (Wildman–Crippen MR) is 115 cm³/mol. The number of anilines is 2. The lowest BCUT2D eigenvalue weighted by atomic mass is 10.1. The van der Waals surface area contributed by atoms with E-state index < -0.39 is 23.9 Å². The highest BCUT2D eigenvalue weighted by Crippen LogP contribution is 2.35. The van der Waals surface area contributed by atoms with Crippen LogP contribution in [0.25, 0.3) is 0 Å². The molecule has 0 unspecified atom stereocenters. The fraction of sp³-hybridized carbons (Fsp3) is 0.381. The van der Waals surface area contributed by atoms with Crippen LogP contribution in [0.2, 0.25) is 10.0 Å². The molecule has 4 rings (SSSR count). The molecule has 0 radical (unpaired) electrons. The highest BCUT2D eigenvalue weighted by Gasteiger charge is 2.43. The third kappa shape index (κ3) is 4.91. The number of nitrogens with one attached hydrogen (secondary N) is 2. The third-order valence-corrected chi connectivity index (χ3v) is 5.85. The molecule has 2 aromatic rings. The lowest BCUT2D eigenvalue weighted by Crippen LogP contribution is -2.20. The first-order valence-corrected chi connectivity index (χ1v) is 10.5. The molecule has 2 N–H and O–H groups in total. The molecule has 0 saturated heterocycles. The van der Waals surface area contributed by atoms with Crippen LogP contribution in [0.15, 0.2) is 30.5 Å². The number of nitrogens with zero attached hydrogens (tertiary/aromatic N) is 2. The predicted octanol–water partition coefficient (Wildman–Crippen LogP) is 4.53. The molecule has 2 atom stereocenters. The van der Waals surface area contributed by atoms with Gasteiger partial charge in [-0.05, 0) is 50.1 Å². The van der Waals surface area contributed by atoms with Crippen LogP contribution in [0.1, 0.15) is 35.2 Å². The van der Waals surface area contributed by atoms with Crippen molar-refractivity contribution in [3.63, 3.8) is 0 Å². The number of carbonyl (C=O) groups excluding carboxylic acids is 2. The molecule has 9 heteroatoms. The Morgan fingerprint density at radius 2 is 1.87 bits per heavy atom. The molecule has 0 spiro atoms. The van der Waals surface area contributed by atoms with E-state index in [1.165, 1.54) is 25.1 Å². The van der Waals surface area contributed by atoms with Gasteiger partial charge < -0.3 is 10.6 Å². The molecule has 1 heterocycles. The van der Waals surface area contributed by atoms with Crippen molar-refractivity contribution >= 4 is 46.5 Å². The Bertz CT molecular complexity index is 976. The van der Waals surface area contributed by atoms with E-state index in [0.717, 1.165) is 5.56 Å². The topological polar surface area (TPSA) is 74.3 Å². The van der Waals surface area contributed by atoms with Crippen molar-refractivity contribution in [3.8, 4) is 0 Å². The van der Waals surface area contributed by atoms with E-state index in [2.05, 4.69) is 27.6 Å². The number of aromatic nitrogens is 1. The summed E-state index contributed by atoms with van der Waals surface area (Å²) >= 11 is 12.7. The molecule has 6 nitrogen and oxygen atoms in total. The minimum atomic E-state index is -1.09. The lowest BCUT2D eigenvalue weighted by molar-refractivity contribution is -0.117. The summed E-state index contributed by atoms with van der Waals surface area (Å²) in [6.45, 7) is 0.708. The molecule has 2 amide bonds.